The van der Waals surface area contributed by atoms with Gasteiger partial charge in [-0.2, -0.15) is 0 Å². The van der Waals surface area contributed by atoms with Gasteiger partial charge in [-0.05, 0) is 41.4 Å². The van der Waals surface area contributed by atoms with Gasteiger partial charge in [0.05, 0.1) is 6.61 Å². The molecular formula is C23H38NO4S. The molecule has 0 spiro atoms. The summed E-state index contributed by atoms with van der Waals surface area (Å²) in [5.41, 5.74) is 0.751. The van der Waals surface area contributed by atoms with Gasteiger partial charge in [-0.25, -0.2) is 13.1 Å². The summed E-state index contributed by atoms with van der Waals surface area (Å²) in [6.07, 6.45) is 8.90. The highest BCUT2D eigenvalue weighted by Crippen LogP contribution is 2.38. The minimum Gasteiger partial charge on any atom is -0.492 e. The van der Waals surface area contributed by atoms with Crippen molar-refractivity contribution in [1.29, 1.82) is 0 Å². The predicted octanol–water partition coefficient (Wildman–Crippen LogP) is 5.49. The van der Waals surface area contributed by atoms with Gasteiger partial charge in [0.1, 0.15) is 10.6 Å². The molecule has 5 nitrogen and oxygen atoms in total. The van der Waals surface area contributed by atoms with Crippen molar-refractivity contribution >= 4 is 16.4 Å². The fourth-order valence-electron chi connectivity index (χ4n) is 3.86. The molecule has 0 aliphatic heterocycles. The van der Waals surface area contributed by atoms with Crippen molar-refractivity contribution < 1.29 is 17.9 Å². The molecule has 1 aromatic rings. The SMILES string of the molecule is CCCCCCCCOc1ccc(C(C)(C)CC(C)(C)C)cc1S(=O)(=O)N[C]=O. The maximum Gasteiger partial charge on any atom is 0.324 e. The van der Waals surface area contributed by atoms with Crippen LogP contribution in [0.2, 0.25) is 0 Å². The molecule has 0 saturated heterocycles. The van der Waals surface area contributed by atoms with Crippen LogP contribution in [0.1, 0.15) is 92.1 Å². The molecule has 0 bridgehead atoms. The van der Waals surface area contributed by atoms with Gasteiger partial charge in [0, 0.05) is 0 Å². The quantitative estimate of drug-likeness (QED) is 0.336. The van der Waals surface area contributed by atoms with Crippen molar-refractivity contribution in [2.75, 3.05) is 6.61 Å². The van der Waals surface area contributed by atoms with Crippen LogP contribution in [-0.4, -0.2) is 21.4 Å². The van der Waals surface area contributed by atoms with E-state index < -0.39 is 10.0 Å². The average Bonchev–Trinajstić information content (AvgIpc) is 2.58. The molecule has 1 amide bonds. The van der Waals surface area contributed by atoms with Gasteiger partial charge < -0.3 is 4.74 Å². The number of sulfonamides is 1. The third-order valence-electron chi connectivity index (χ3n) is 4.92. The summed E-state index contributed by atoms with van der Waals surface area (Å²) in [7, 11) is -4.02. The Morgan fingerprint density at radius 1 is 1.00 bits per heavy atom. The summed E-state index contributed by atoms with van der Waals surface area (Å²) in [6, 6.07) is 5.25. The summed E-state index contributed by atoms with van der Waals surface area (Å²) in [5, 5.41) is 0. The number of nitrogens with one attached hydrogen (secondary N) is 1. The first kappa shape index (κ1) is 25.5. The van der Waals surface area contributed by atoms with E-state index in [4.69, 9.17) is 4.74 Å². The molecule has 0 saturated carbocycles. The van der Waals surface area contributed by atoms with Gasteiger partial charge >= 0.3 is 6.41 Å². The van der Waals surface area contributed by atoms with Crippen LogP contribution in [0.3, 0.4) is 0 Å². The lowest BCUT2D eigenvalue weighted by Gasteiger charge is -2.33. The maximum atomic E-state index is 12.6. The summed E-state index contributed by atoms with van der Waals surface area (Å²) >= 11 is 0. The lowest BCUT2D eigenvalue weighted by Crippen LogP contribution is -2.26. The molecule has 6 heteroatoms. The number of hydrogen-bond acceptors (Lipinski definition) is 4. The third kappa shape index (κ3) is 8.77. The molecule has 1 N–H and O–H groups in total. The van der Waals surface area contributed by atoms with Gasteiger partial charge in [0.25, 0.3) is 10.0 Å². The maximum absolute atomic E-state index is 12.6. The van der Waals surface area contributed by atoms with E-state index in [1.807, 2.05) is 10.8 Å². The first-order valence-corrected chi connectivity index (χ1v) is 12.1. The molecular weight excluding hydrogens is 386 g/mol. The first-order chi connectivity index (χ1) is 13.4. The smallest absolute Gasteiger partial charge is 0.324 e. The predicted molar refractivity (Wildman–Crippen MR) is 118 cm³/mol. The second-order valence-corrected chi connectivity index (χ2v) is 11.3. The molecule has 0 heterocycles. The van der Waals surface area contributed by atoms with E-state index in [-0.39, 0.29) is 21.5 Å². The standard InChI is InChI=1S/C23H38NO4S/c1-7-8-9-10-11-12-15-28-20-14-13-19(23(5,6)17-22(2,3)4)16-21(20)29(26,27)24-18-25/h13-14,16H,7-12,15,17H2,1-6H3,(H,24,25). The number of unbranched alkanes of at least 4 members (excludes halogenated alkanes) is 5. The highest BCUT2D eigenvalue weighted by Gasteiger charge is 2.30. The highest BCUT2D eigenvalue weighted by molar-refractivity contribution is 7.90. The summed E-state index contributed by atoms with van der Waals surface area (Å²) in [6.45, 7) is 13.3. The Bertz CT molecular complexity index is 749. The summed E-state index contributed by atoms with van der Waals surface area (Å²) in [4.78, 5) is 10.7. The van der Waals surface area contributed by atoms with Crippen molar-refractivity contribution in [3.05, 3.63) is 23.8 Å². The van der Waals surface area contributed by atoms with Crippen LogP contribution in [0, 0.1) is 5.41 Å². The second kappa shape index (κ2) is 11.0. The zero-order valence-electron chi connectivity index (χ0n) is 18.9. The molecule has 29 heavy (non-hydrogen) atoms. The van der Waals surface area contributed by atoms with E-state index >= 15 is 0 Å². The Morgan fingerprint density at radius 2 is 1.62 bits per heavy atom. The van der Waals surface area contributed by atoms with Gasteiger partial charge in [-0.3, -0.25) is 4.79 Å². The van der Waals surface area contributed by atoms with E-state index in [9.17, 15) is 13.2 Å². The summed E-state index contributed by atoms with van der Waals surface area (Å²) < 4.78 is 32.8. The molecule has 0 aromatic heterocycles. The van der Waals surface area contributed by atoms with Crippen LogP contribution in [-0.2, 0) is 20.2 Å². The minimum absolute atomic E-state index is 0.00804. The van der Waals surface area contributed by atoms with Crippen LogP contribution >= 0.6 is 0 Å². The number of rotatable bonds is 13. The van der Waals surface area contributed by atoms with E-state index in [2.05, 4.69) is 41.5 Å². The molecule has 1 aromatic carbocycles. The van der Waals surface area contributed by atoms with Gasteiger partial charge in [-0.1, -0.05) is 79.7 Å². The fraction of sp³-hybridized carbons (Fsp3) is 0.696. The Morgan fingerprint density at radius 3 is 2.21 bits per heavy atom. The van der Waals surface area contributed by atoms with Crippen LogP contribution in [0.4, 0.5) is 0 Å². The van der Waals surface area contributed by atoms with E-state index in [1.165, 1.54) is 25.7 Å². The largest absolute Gasteiger partial charge is 0.492 e. The normalized spacial score (nSPS) is 12.6. The van der Waals surface area contributed by atoms with Crippen LogP contribution in [0.25, 0.3) is 0 Å². The Balaban J connectivity index is 3.03. The highest BCUT2D eigenvalue weighted by atomic mass is 32.2. The molecule has 0 unspecified atom stereocenters. The average molecular weight is 425 g/mol. The number of carbonyl (C=O) groups excluding carboxylic acids is 1. The lowest BCUT2D eigenvalue weighted by atomic mass is 9.72. The van der Waals surface area contributed by atoms with Crippen molar-refractivity contribution in [2.45, 2.75) is 96.8 Å². The zero-order valence-corrected chi connectivity index (χ0v) is 19.7. The molecule has 165 valence electrons. The monoisotopic (exact) mass is 424 g/mol. The van der Waals surface area contributed by atoms with Crippen LogP contribution < -0.4 is 9.46 Å². The van der Waals surface area contributed by atoms with Crippen molar-refractivity contribution in [1.82, 2.24) is 4.72 Å². The van der Waals surface area contributed by atoms with Crippen molar-refractivity contribution in [3.8, 4) is 5.75 Å². The van der Waals surface area contributed by atoms with Crippen LogP contribution in [0.15, 0.2) is 23.1 Å². The molecule has 0 atom stereocenters. The first-order valence-electron chi connectivity index (χ1n) is 10.6. The molecule has 1 radical (unpaired) electrons. The number of amides is 1. The third-order valence-corrected chi connectivity index (χ3v) is 6.17. The fourth-order valence-corrected chi connectivity index (χ4v) is 4.75. The molecule has 0 fully saturated rings. The number of hydrogen-bond donors (Lipinski definition) is 1. The Hall–Kier alpha value is -1.56. The van der Waals surface area contributed by atoms with E-state index in [0.29, 0.717) is 6.61 Å². The van der Waals surface area contributed by atoms with Crippen molar-refractivity contribution in [2.24, 2.45) is 5.41 Å². The lowest BCUT2D eigenvalue weighted by molar-refractivity contribution is 0.281. The van der Waals surface area contributed by atoms with Gasteiger partial charge in [0.2, 0.25) is 0 Å². The molecule has 0 aliphatic rings. The van der Waals surface area contributed by atoms with E-state index in [0.717, 1.165) is 31.2 Å². The second-order valence-electron chi connectivity index (χ2n) is 9.61. The Kier molecular flexibility index (Phi) is 9.66. The van der Waals surface area contributed by atoms with Crippen molar-refractivity contribution in [3.63, 3.8) is 0 Å². The number of benzene rings is 1. The molecule has 1 rings (SSSR count). The van der Waals surface area contributed by atoms with Crippen LogP contribution in [0.5, 0.6) is 5.75 Å². The topological polar surface area (TPSA) is 72.5 Å². The Labute approximate surface area is 177 Å². The minimum atomic E-state index is -4.02. The zero-order chi connectivity index (χ0) is 22.1. The number of ether oxygens (including phenoxy) is 1. The van der Waals surface area contributed by atoms with Gasteiger partial charge in [-0.15, -0.1) is 0 Å². The van der Waals surface area contributed by atoms with Gasteiger partial charge in [0.15, 0.2) is 0 Å². The summed E-state index contributed by atoms with van der Waals surface area (Å²) in [5.74, 6) is 0.275. The molecule has 0 aliphatic carbocycles. The van der Waals surface area contributed by atoms with E-state index in [1.54, 1.807) is 12.1 Å².